The van der Waals surface area contributed by atoms with Crippen molar-refractivity contribution in [1.29, 1.82) is 0 Å². The van der Waals surface area contributed by atoms with Crippen molar-refractivity contribution in [3.63, 3.8) is 0 Å². The number of nitrogens with one attached hydrogen (secondary N) is 1. The number of hydrogen-bond acceptors (Lipinski definition) is 6. The summed E-state index contributed by atoms with van der Waals surface area (Å²) in [5.41, 5.74) is 0.974. The van der Waals surface area contributed by atoms with Gasteiger partial charge in [-0.25, -0.2) is 0 Å². The Kier molecular flexibility index (Phi) is 4.06. The minimum Gasteiger partial charge on any atom is -0.394 e. The molecule has 3 N–H and O–H groups in total. The molecule has 0 aliphatic carbocycles. The number of pyridine rings is 1. The van der Waals surface area contributed by atoms with E-state index in [1.807, 2.05) is 0 Å². The fraction of sp³-hybridized carbons (Fsp3) is 0.357. The lowest BCUT2D eigenvalue weighted by atomic mass is 10.0. The van der Waals surface area contributed by atoms with E-state index in [9.17, 15) is 20.3 Å². The van der Waals surface area contributed by atoms with Crippen LogP contribution in [0.3, 0.4) is 0 Å². The Bertz CT molecular complexity index is 683. The van der Waals surface area contributed by atoms with Crippen molar-refractivity contribution in [1.82, 2.24) is 4.98 Å². The van der Waals surface area contributed by atoms with E-state index in [0.29, 0.717) is 16.6 Å². The SMILES string of the molecule is Cc1cc(NC(C)(CO)CO)c2cc([N+](=O)[O-])ccc2n1. The summed E-state index contributed by atoms with van der Waals surface area (Å²) in [6.45, 7) is 2.91. The summed E-state index contributed by atoms with van der Waals surface area (Å²) in [4.78, 5) is 14.8. The van der Waals surface area contributed by atoms with Crippen LogP contribution in [0.15, 0.2) is 24.3 Å². The largest absolute Gasteiger partial charge is 0.394 e. The molecule has 1 heterocycles. The molecule has 0 atom stereocenters. The molecule has 2 rings (SSSR count). The molecule has 0 unspecified atom stereocenters. The first-order valence-corrected chi connectivity index (χ1v) is 6.44. The van der Waals surface area contributed by atoms with Gasteiger partial charge >= 0.3 is 0 Å². The third kappa shape index (κ3) is 3.09. The van der Waals surface area contributed by atoms with Gasteiger partial charge in [-0.3, -0.25) is 15.1 Å². The number of aliphatic hydroxyl groups excluding tert-OH is 2. The highest BCUT2D eigenvalue weighted by molar-refractivity contribution is 5.93. The van der Waals surface area contributed by atoms with Gasteiger partial charge in [-0.1, -0.05) is 0 Å². The van der Waals surface area contributed by atoms with Crippen LogP contribution in [0.25, 0.3) is 10.9 Å². The zero-order valence-electron chi connectivity index (χ0n) is 11.8. The van der Waals surface area contributed by atoms with Crippen LogP contribution in [0.4, 0.5) is 11.4 Å². The van der Waals surface area contributed by atoms with E-state index in [-0.39, 0.29) is 18.9 Å². The molecule has 0 spiro atoms. The minimum atomic E-state index is -0.925. The number of benzene rings is 1. The molecule has 0 radical (unpaired) electrons. The Morgan fingerprint density at radius 3 is 2.57 bits per heavy atom. The average Bonchev–Trinajstić information content (AvgIpc) is 2.46. The van der Waals surface area contributed by atoms with Gasteiger partial charge in [0.15, 0.2) is 0 Å². The lowest BCUT2D eigenvalue weighted by molar-refractivity contribution is -0.384. The second-order valence-corrected chi connectivity index (χ2v) is 5.27. The summed E-state index contributed by atoms with van der Waals surface area (Å²) in [7, 11) is 0. The molecular weight excluding hydrogens is 274 g/mol. The molecule has 0 saturated carbocycles. The fourth-order valence-corrected chi connectivity index (χ4v) is 2.02. The van der Waals surface area contributed by atoms with Gasteiger partial charge in [-0.2, -0.15) is 0 Å². The molecule has 0 amide bonds. The highest BCUT2D eigenvalue weighted by atomic mass is 16.6. The molecule has 21 heavy (non-hydrogen) atoms. The summed E-state index contributed by atoms with van der Waals surface area (Å²) >= 11 is 0. The maximum absolute atomic E-state index is 10.9. The van der Waals surface area contributed by atoms with Crippen LogP contribution in [0, 0.1) is 17.0 Å². The number of fused-ring (bicyclic) bond motifs is 1. The fourth-order valence-electron chi connectivity index (χ4n) is 2.02. The van der Waals surface area contributed by atoms with Crippen molar-refractivity contribution < 1.29 is 15.1 Å². The number of anilines is 1. The molecule has 2 aromatic rings. The number of aromatic nitrogens is 1. The Hall–Kier alpha value is -2.25. The Morgan fingerprint density at radius 1 is 1.33 bits per heavy atom. The topological polar surface area (TPSA) is 109 Å². The van der Waals surface area contributed by atoms with E-state index < -0.39 is 10.5 Å². The summed E-state index contributed by atoms with van der Waals surface area (Å²) in [5, 5.41) is 33.3. The molecule has 7 heteroatoms. The van der Waals surface area contributed by atoms with E-state index in [1.165, 1.54) is 12.1 Å². The monoisotopic (exact) mass is 291 g/mol. The van der Waals surface area contributed by atoms with E-state index in [2.05, 4.69) is 10.3 Å². The normalized spacial score (nSPS) is 11.6. The Balaban J connectivity index is 2.60. The number of rotatable bonds is 5. The van der Waals surface area contributed by atoms with Crippen LogP contribution >= 0.6 is 0 Å². The lowest BCUT2D eigenvalue weighted by Crippen LogP contribution is -2.42. The summed E-state index contributed by atoms with van der Waals surface area (Å²) in [6.07, 6.45) is 0. The maximum atomic E-state index is 10.9. The average molecular weight is 291 g/mol. The van der Waals surface area contributed by atoms with Crippen LogP contribution in [0.1, 0.15) is 12.6 Å². The number of hydrogen-bond donors (Lipinski definition) is 3. The molecule has 0 aliphatic rings. The van der Waals surface area contributed by atoms with E-state index >= 15 is 0 Å². The molecule has 0 fully saturated rings. The van der Waals surface area contributed by atoms with Crippen LogP contribution in [0.2, 0.25) is 0 Å². The number of nitro benzene ring substituents is 1. The molecule has 0 saturated heterocycles. The second kappa shape index (κ2) is 5.63. The van der Waals surface area contributed by atoms with Gasteiger partial charge in [0.1, 0.15) is 0 Å². The van der Waals surface area contributed by atoms with Crippen molar-refractivity contribution in [2.24, 2.45) is 0 Å². The predicted molar refractivity (Wildman–Crippen MR) is 79.3 cm³/mol. The number of nitro groups is 1. The number of non-ortho nitro benzene ring substituents is 1. The Labute approximate surface area is 121 Å². The van der Waals surface area contributed by atoms with Crippen LogP contribution < -0.4 is 5.32 Å². The van der Waals surface area contributed by atoms with Gasteiger partial charge in [0, 0.05) is 28.9 Å². The molecule has 112 valence electrons. The summed E-state index contributed by atoms with van der Waals surface area (Å²) < 4.78 is 0. The molecule has 0 bridgehead atoms. The highest BCUT2D eigenvalue weighted by Crippen LogP contribution is 2.29. The highest BCUT2D eigenvalue weighted by Gasteiger charge is 2.23. The van der Waals surface area contributed by atoms with Crippen molar-refractivity contribution in [3.8, 4) is 0 Å². The molecule has 7 nitrogen and oxygen atoms in total. The zero-order valence-corrected chi connectivity index (χ0v) is 11.8. The number of aliphatic hydroxyl groups is 2. The first-order chi connectivity index (χ1) is 9.88. The van der Waals surface area contributed by atoms with E-state index in [4.69, 9.17) is 0 Å². The summed E-state index contributed by atoms with van der Waals surface area (Å²) in [5.74, 6) is 0. The first kappa shape index (κ1) is 15.1. The maximum Gasteiger partial charge on any atom is 0.270 e. The van der Waals surface area contributed by atoms with Crippen LogP contribution in [0.5, 0.6) is 0 Å². The smallest absolute Gasteiger partial charge is 0.270 e. The van der Waals surface area contributed by atoms with Gasteiger partial charge in [-0.15, -0.1) is 0 Å². The van der Waals surface area contributed by atoms with E-state index in [0.717, 1.165) is 5.69 Å². The number of aryl methyl sites for hydroxylation is 1. The van der Waals surface area contributed by atoms with Gasteiger partial charge < -0.3 is 15.5 Å². The minimum absolute atomic E-state index is 0.0362. The van der Waals surface area contributed by atoms with Crippen molar-refractivity contribution in [2.45, 2.75) is 19.4 Å². The Morgan fingerprint density at radius 2 is 2.00 bits per heavy atom. The van der Waals surface area contributed by atoms with Gasteiger partial charge in [0.05, 0.1) is 29.2 Å². The van der Waals surface area contributed by atoms with Gasteiger partial charge in [-0.05, 0) is 26.0 Å². The van der Waals surface area contributed by atoms with Gasteiger partial charge in [0.2, 0.25) is 0 Å². The third-order valence-electron chi connectivity index (χ3n) is 3.27. The molecule has 0 aliphatic heterocycles. The first-order valence-electron chi connectivity index (χ1n) is 6.44. The second-order valence-electron chi connectivity index (χ2n) is 5.27. The molecular formula is C14H17N3O4. The van der Waals surface area contributed by atoms with Crippen LogP contribution in [-0.2, 0) is 0 Å². The lowest BCUT2D eigenvalue weighted by Gasteiger charge is -2.28. The number of nitrogens with zero attached hydrogens (tertiary/aromatic N) is 2. The predicted octanol–water partition coefficient (Wildman–Crippen LogP) is 1.61. The molecule has 1 aromatic carbocycles. The zero-order chi connectivity index (χ0) is 15.6. The van der Waals surface area contributed by atoms with Crippen molar-refractivity contribution >= 4 is 22.3 Å². The third-order valence-corrected chi connectivity index (χ3v) is 3.27. The summed E-state index contributed by atoms with van der Waals surface area (Å²) in [6, 6.07) is 6.14. The van der Waals surface area contributed by atoms with Crippen LogP contribution in [-0.4, -0.2) is 38.9 Å². The van der Waals surface area contributed by atoms with Crippen molar-refractivity contribution in [2.75, 3.05) is 18.5 Å². The van der Waals surface area contributed by atoms with Crippen molar-refractivity contribution in [3.05, 3.63) is 40.1 Å². The quantitative estimate of drug-likeness (QED) is 0.570. The van der Waals surface area contributed by atoms with E-state index in [1.54, 1.807) is 26.0 Å². The van der Waals surface area contributed by atoms with Gasteiger partial charge in [0.25, 0.3) is 5.69 Å². The molecule has 1 aromatic heterocycles. The standard InChI is InChI=1S/C14H17N3O4/c1-9-5-13(16-14(2,7-18)8-19)11-6-10(17(20)21)3-4-12(11)15-9/h3-6,18-19H,7-8H2,1-2H3,(H,15,16).